The summed E-state index contributed by atoms with van der Waals surface area (Å²) in [6.45, 7) is 5.92. The Morgan fingerprint density at radius 2 is 2.04 bits per heavy atom. The summed E-state index contributed by atoms with van der Waals surface area (Å²) in [5.74, 6) is 2.54. The van der Waals surface area contributed by atoms with E-state index < -0.39 is 0 Å². The van der Waals surface area contributed by atoms with Gasteiger partial charge in [-0.2, -0.15) is 5.10 Å². The molecule has 7 heteroatoms. The molecule has 0 aliphatic rings. The Morgan fingerprint density at radius 3 is 2.69 bits per heavy atom. The summed E-state index contributed by atoms with van der Waals surface area (Å²) in [6, 6.07) is 8.11. The summed E-state index contributed by atoms with van der Waals surface area (Å²) in [5, 5.41) is 5.35. The van der Waals surface area contributed by atoms with E-state index in [0.29, 0.717) is 12.8 Å². The van der Waals surface area contributed by atoms with Crippen LogP contribution in [0.3, 0.4) is 0 Å². The van der Waals surface area contributed by atoms with Crippen LogP contribution in [0.4, 0.5) is 0 Å². The van der Waals surface area contributed by atoms with Crippen LogP contribution >= 0.6 is 28.1 Å². The van der Waals surface area contributed by atoms with E-state index >= 15 is 0 Å². The number of thiocarbonyl (C=S) groups is 1. The minimum atomic E-state index is 0.152. The Morgan fingerprint density at radius 1 is 1.27 bits per heavy atom. The van der Waals surface area contributed by atoms with Gasteiger partial charge in [-0.25, -0.2) is 0 Å². The van der Waals surface area contributed by atoms with Crippen molar-refractivity contribution in [2.24, 2.45) is 10.8 Å². The van der Waals surface area contributed by atoms with Gasteiger partial charge in [-0.1, -0.05) is 0 Å². The molecule has 26 heavy (non-hydrogen) atoms. The van der Waals surface area contributed by atoms with Gasteiger partial charge in [0.15, 0.2) is 5.11 Å². The monoisotopic (exact) mass is 433 g/mol. The normalized spacial score (nSPS) is 11.9. The Balaban J connectivity index is 2.02. The van der Waals surface area contributed by atoms with Gasteiger partial charge < -0.3 is 14.6 Å². The van der Waals surface area contributed by atoms with Crippen molar-refractivity contribution in [1.82, 2.24) is 5.43 Å². The maximum absolute atomic E-state index is 6.19. The lowest BCUT2D eigenvalue weighted by molar-refractivity contribution is 0.532. The van der Waals surface area contributed by atoms with Crippen molar-refractivity contribution in [3.63, 3.8) is 0 Å². The molecule has 0 radical (unpaired) electrons. The van der Waals surface area contributed by atoms with Gasteiger partial charge >= 0.3 is 0 Å². The van der Waals surface area contributed by atoms with Gasteiger partial charge in [0.2, 0.25) is 0 Å². The molecular weight excluding hydrogens is 414 g/mol. The van der Waals surface area contributed by atoms with Crippen molar-refractivity contribution < 1.29 is 8.83 Å². The number of hydrogen-bond acceptors (Lipinski definition) is 4. The number of hydrogen-bond donors (Lipinski definition) is 2. The van der Waals surface area contributed by atoms with E-state index in [0.717, 1.165) is 49.6 Å². The number of benzene rings is 1. The van der Waals surface area contributed by atoms with Crippen molar-refractivity contribution >= 4 is 49.9 Å². The molecule has 0 fully saturated rings. The summed E-state index contributed by atoms with van der Waals surface area (Å²) in [6.07, 6.45) is 1.39. The second-order valence-corrected chi connectivity index (χ2v) is 7.55. The lowest BCUT2D eigenvalue weighted by atomic mass is 10.0. The summed E-state index contributed by atoms with van der Waals surface area (Å²) in [5.41, 5.74) is 11.9. The van der Waals surface area contributed by atoms with E-state index in [9.17, 15) is 0 Å². The summed E-state index contributed by atoms with van der Waals surface area (Å²) >= 11 is 8.38. The lowest BCUT2D eigenvalue weighted by Gasteiger charge is -2.03. The number of halogens is 1. The number of nitrogens with two attached hydrogens (primary N) is 1. The maximum Gasteiger partial charge on any atom is 0.184 e. The first-order chi connectivity index (χ1) is 12.3. The summed E-state index contributed by atoms with van der Waals surface area (Å²) in [4.78, 5) is 0. The molecule has 0 amide bonds. The largest absolute Gasteiger partial charge is 0.461 e. The van der Waals surface area contributed by atoms with Crippen molar-refractivity contribution in [3.8, 4) is 11.3 Å². The first kappa shape index (κ1) is 18.7. The predicted octanol–water partition coefficient (Wildman–Crippen LogP) is 5.21. The molecule has 3 aromatic rings. The molecule has 2 heterocycles. The molecule has 0 saturated carbocycles. The second-order valence-electron chi connectivity index (χ2n) is 6.26. The molecule has 136 valence electrons. The second kappa shape index (κ2) is 7.63. The highest BCUT2D eigenvalue weighted by molar-refractivity contribution is 9.10. The standard InChI is InChI=1S/C19H20BrN3O2S/c1-10-8-13-17(15-7-5-12(3)24-15)16(25-18(13)14(20)9-10)6-4-11(2)22-23-19(21)26/h5,7-9H,4,6H2,1-3H3,(H3,21,23,26). The highest BCUT2D eigenvalue weighted by Gasteiger charge is 2.20. The Labute approximate surface area is 165 Å². The van der Waals surface area contributed by atoms with E-state index in [1.807, 2.05) is 32.0 Å². The molecule has 3 N–H and O–H groups in total. The summed E-state index contributed by atoms with van der Waals surface area (Å²) < 4.78 is 13.0. The third-order valence-electron chi connectivity index (χ3n) is 4.02. The van der Waals surface area contributed by atoms with Gasteiger partial charge in [-0.3, -0.25) is 5.43 Å². The molecule has 3 rings (SSSR count). The van der Waals surface area contributed by atoms with Gasteiger partial charge in [-0.15, -0.1) is 0 Å². The van der Waals surface area contributed by atoms with E-state index in [2.05, 4.69) is 39.4 Å². The van der Waals surface area contributed by atoms with E-state index in [-0.39, 0.29) is 5.11 Å². The molecule has 0 aliphatic carbocycles. The van der Waals surface area contributed by atoms with Crippen molar-refractivity contribution in [3.05, 3.63) is 45.8 Å². The number of fused-ring (bicyclic) bond motifs is 1. The van der Waals surface area contributed by atoms with Crippen molar-refractivity contribution in [1.29, 1.82) is 0 Å². The topological polar surface area (TPSA) is 76.7 Å². The minimum Gasteiger partial charge on any atom is -0.461 e. The molecule has 0 spiro atoms. The van der Waals surface area contributed by atoms with Gasteiger partial charge in [0.25, 0.3) is 0 Å². The molecule has 0 unspecified atom stereocenters. The average Bonchev–Trinajstić information content (AvgIpc) is 3.14. The number of furan rings is 2. The number of rotatable bonds is 5. The van der Waals surface area contributed by atoms with Crippen LogP contribution < -0.4 is 11.2 Å². The zero-order chi connectivity index (χ0) is 18.8. The van der Waals surface area contributed by atoms with E-state index in [4.69, 9.17) is 26.8 Å². The zero-order valence-corrected chi connectivity index (χ0v) is 17.3. The molecule has 0 aliphatic heterocycles. The Hall–Kier alpha value is -2.12. The zero-order valence-electron chi connectivity index (χ0n) is 14.9. The van der Waals surface area contributed by atoms with Gasteiger partial charge in [0.05, 0.1) is 10.0 Å². The maximum atomic E-state index is 6.19. The molecule has 0 atom stereocenters. The fourth-order valence-corrected chi connectivity index (χ4v) is 3.56. The molecular formula is C19H20BrN3O2S. The SMILES string of the molecule is CC(CCc1oc2c(Br)cc(C)cc2c1-c1ccc(C)o1)=NNC(N)=S. The molecule has 1 aromatic carbocycles. The van der Waals surface area contributed by atoms with Gasteiger partial charge in [-0.05, 0) is 85.2 Å². The van der Waals surface area contributed by atoms with Crippen molar-refractivity contribution in [2.75, 3.05) is 0 Å². The fourth-order valence-electron chi connectivity index (χ4n) is 2.86. The van der Waals surface area contributed by atoms with Crippen LogP contribution in [0.15, 0.2) is 42.7 Å². The average molecular weight is 434 g/mol. The number of nitrogens with zero attached hydrogens (tertiary/aromatic N) is 1. The van der Waals surface area contributed by atoms with Crippen LogP contribution in [0.1, 0.15) is 30.4 Å². The molecule has 5 nitrogen and oxygen atoms in total. The minimum absolute atomic E-state index is 0.152. The van der Waals surface area contributed by atoms with Gasteiger partial charge in [0.1, 0.15) is 22.9 Å². The third kappa shape index (κ3) is 3.99. The van der Waals surface area contributed by atoms with E-state index in [1.165, 1.54) is 0 Å². The number of hydrazone groups is 1. The molecule has 0 saturated heterocycles. The Bertz CT molecular complexity index is 1000. The van der Waals surface area contributed by atoms with Crippen LogP contribution in [0.5, 0.6) is 0 Å². The van der Waals surface area contributed by atoms with Gasteiger partial charge in [0, 0.05) is 17.5 Å². The summed E-state index contributed by atoms with van der Waals surface area (Å²) in [7, 11) is 0. The highest BCUT2D eigenvalue weighted by Crippen LogP contribution is 2.40. The lowest BCUT2D eigenvalue weighted by Crippen LogP contribution is -2.25. The fraction of sp³-hybridized carbons (Fsp3) is 0.263. The van der Waals surface area contributed by atoms with Crippen LogP contribution in [-0.2, 0) is 6.42 Å². The van der Waals surface area contributed by atoms with Crippen LogP contribution in [0, 0.1) is 13.8 Å². The smallest absolute Gasteiger partial charge is 0.184 e. The van der Waals surface area contributed by atoms with Crippen LogP contribution in [0.2, 0.25) is 0 Å². The first-order valence-corrected chi connectivity index (χ1v) is 9.42. The molecule has 2 aromatic heterocycles. The first-order valence-electron chi connectivity index (χ1n) is 8.22. The third-order valence-corrected chi connectivity index (χ3v) is 4.70. The van der Waals surface area contributed by atoms with Crippen molar-refractivity contribution in [2.45, 2.75) is 33.6 Å². The molecule has 0 bridgehead atoms. The Kier molecular flexibility index (Phi) is 5.48. The van der Waals surface area contributed by atoms with Crippen LogP contribution in [0.25, 0.3) is 22.3 Å². The number of nitrogens with one attached hydrogen (secondary N) is 1. The van der Waals surface area contributed by atoms with E-state index in [1.54, 1.807) is 0 Å². The highest BCUT2D eigenvalue weighted by atomic mass is 79.9. The number of aryl methyl sites for hydroxylation is 3. The van der Waals surface area contributed by atoms with Crippen LogP contribution in [-0.4, -0.2) is 10.8 Å². The quantitative estimate of drug-likeness (QED) is 0.327. The predicted molar refractivity (Wildman–Crippen MR) is 112 cm³/mol.